The van der Waals surface area contributed by atoms with Crippen LogP contribution in [-0.4, -0.2) is 11.1 Å². The number of benzene rings is 3. The molecule has 0 bridgehead atoms. The van der Waals surface area contributed by atoms with Gasteiger partial charge in [-0.05, 0) is 11.6 Å². The van der Waals surface area contributed by atoms with E-state index in [0.717, 1.165) is 11.1 Å². The van der Waals surface area contributed by atoms with Gasteiger partial charge in [-0.15, -0.1) is 0 Å². The number of rotatable bonds is 2. The largest absolute Gasteiger partial charge is 0.478 e. The third kappa shape index (κ3) is 1.87. The van der Waals surface area contributed by atoms with Crippen molar-refractivity contribution in [2.75, 3.05) is 0 Å². The number of fused-ring (bicyclic) bond motifs is 3. The predicted molar refractivity (Wildman–Crippen MR) is 87.4 cm³/mol. The van der Waals surface area contributed by atoms with E-state index in [-0.39, 0.29) is 0 Å². The van der Waals surface area contributed by atoms with Crippen LogP contribution in [0.25, 0.3) is 11.1 Å². The molecule has 0 spiro atoms. The van der Waals surface area contributed by atoms with Crippen LogP contribution in [0.1, 0.15) is 11.1 Å². The Kier molecular flexibility index (Phi) is 2.95. The second-order valence-corrected chi connectivity index (χ2v) is 5.50. The van der Waals surface area contributed by atoms with Gasteiger partial charge in [0.05, 0.1) is 0 Å². The Labute approximate surface area is 133 Å². The molecule has 112 valence electrons. The number of aliphatic carboxylic acids is 1. The second-order valence-electron chi connectivity index (χ2n) is 5.50. The summed E-state index contributed by atoms with van der Waals surface area (Å²) in [5.74, 6) is -0.442. The molecule has 0 saturated heterocycles. The number of carboxylic acids is 1. The molecular weight excluding hydrogens is 288 g/mol. The Balaban J connectivity index is 2.08. The molecule has 1 atom stereocenters. The highest BCUT2D eigenvalue weighted by molar-refractivity contribution is 5.91. The van der Waals surface area contributed by atoms with Gasteiger partial charge in [0.25, 0.3) is 5.60 Å². The normalized spacial score (nSPS) is 18.4. The van der Waals surface area contributed by atoms with Crippen LogP contribution < -0.4 is 4.74 Å². The fraction of sp³-hybridized carbons (Fsp3) is 0.0500. The quantitative estimate of drug-likeness (QED) is 0.776. The Morgan fingerprint density at radius 2 is 1.39 bits per heavy atom. The zero-order valence-corrected chi connectivity index (χ0v) is 12.3. The maximum absolute atomic E-state index is 12.3. The van der Waals surface area contributed by atoms with Crippen molar-refractivity contribution in [1.82, 2.24) is 0 Å². The lowest BCUT2D eigenvalue weighted by Gasteiger charge is -2.37. The molecule has 3 aromatic rings. The molecule has 3 nitrogen and oxygen atoms in total. The lowest BCUT2D eigenvalue weighted by molar-refractivity contribution is -0.152. The second kappa shape index (κ2) is 4.99. The smallest absolute Gasteiger partial charge is 0.357 e. The molecule has 1 unspecified atom stereocenters. The van der Waals surface area contributed by atoms with Crippen molar-refractivity contribution in [2.45, 2.75) is 5.60 Å². The van der Waals surface area contributed by atoms with E-state index in [9.17, 15) is 9.90 Å². The van der Waals surface area contributed by atoms with E-state index >= 15 is 0 Å². The highest BCUT2D eigenvalue weighted by Crippen LogP contribution is 2.48. The Hall–Kier alpha value is -3.07. The summed E-state index contributed by atoms with van der Waals surface area (Å²) in [7, 11) is 0. The minimum Gasteiger partial charge on any atom is -0.478 e. The molecule has 1 aliphatic heterocycles. The minimum absolute atomic E-state index is 0.581. The lowest BCUT2D eigenvalue weighted by atomic mass is 9.79. The zero-order valence-electron chi connectivity index (χ0n) is 12.3. The van der Waals surface area contributed by atoms with Gasteiger partial charge in [0.1, 0.15) is 5.75 Å². The van der Waals surface area contributed by atoms with Gasteiger partial charge in [-0.25, -0.2) is 4.79 Å². The summed E-state index contributed by atoms with van der Waals surface area (Å²) in [4.78, 5) is 12.3. The van der Waals surface area contributed by atoms with Crippen LogP contribution in [-0.2, 0) is 10.4 Å². The van der Waals surface area contributed by atoms with Gasteiger partial charge in [0.2, 0.25) is 0 Å². The van der Waals surface area contributed by atoms with Crippen molar-refractivity contribution in [1.29, 1.82) is 0 Å². The van der Waals surface area contributed by atoms with Crippen LogP contribution in [0, 0.1) is 0 Å². The molecule has 1 heterocycles. The average molecular weight is 302 g/mol. The van der Waals surface area contributed by atoms with Crippen LogP contribution in [0.15, 0.2) is 78.9 Å². The first kappa shape index (κ1) is 13.6. The molecule has 0 aliphatic carbocycles. The number of hydrogen-bond acceptors (Lipinski definition) is 2. The highest BCUT2D eigenvalue weighted by atomic mass is 16.5. The summed E-state index contributed by atoms with van der Waals surface area (Å²) in [6.45, 7) is 0. The SMILES string of the molecule is O=C(O)C1(c2ccccc2)Oc2ccccc2-c2ccccc21. The van der Waals surface area contributed by atoms with Gasteiger partial charge in [-0.3, -0.25) is 0 Å². The van der Waals surface area contributed by atoms with E-state index < -0.39 is 11.6 Å². The van der Waals surface area contributed by atoms with Gasteiger partial charge in [-0.2, -0.15) is 0 Å². The van der Waals surface area contributed by atoms with Crippen LogP contribution in [0.5, 0.6) is 5.75 Å². The fourth-order valence-electron chi connectivity index (χ4n) is 3.19. The average Bonchev–Trinajstić information content (AvgIpc) is 2.61. The molecule has 4 rings (SSSR count). The number of hydrogen-bond donors (Lipinski definition) is 1. The van der Waals surface area contributed by atoms with Gasteiger partial charge in [-0.1, -0.05) is 72.8 Å². The Bertz CT molecular complexity index is 886. The van der Waals surface area contributed by atoms with Crippen LogP contribution >= 0.6 is 0 Å². The van der Waals surface area contributed by atoms with E-state index in [0.29, 0.717) is 16.9 Å². The van der Waals surface area contributed by atoms with Crippen molar-refractivity contribution in [3.05, 3.63) is 90.0 Å². The fourth-order valence-corrected chi connectivity index (χ4v) is 3.19. The molecule has 3 heteroatoms. The van der Waals surface area contributed by atoms with Crippen molar-refractivity contribution < 1.29 is 14.6 Å². The molecule has 1 N–H and O–H groups in total. The van der Waals surface area contributed by atoms with E-state index in [4.69, 9.17) is 4.74 Å². The summed E-state index contributed by atoms with van der Waals surface area (Å²) in [5.41, 5.74) is 1.52. The molecule has 1 aliphatic rings. The summed E-state index contributed by atoms with van der Waals surface area (Å²) in [6, 6.07) is 24.2. The van der Waals surface area contributed by atoms with E-state index in [1.807, 2.05) is 66.7 Å². The predicted octanol–water partition coefficient (Wildman–Crippen LogP) is 4.07. The summed E-state index contributed by atoms with van der Waals surface area (Å²) >= 11 is 0. The number of carbonyl (C=O) groups is 1. The van der Waals surface area contributed by atoms with E-state index in [1.54, 1.807) is 12.1 Å². The van der Waals surface area contributed by atoms with Crippen LogP contribution in [0.3, 0.4) is 0 Å². The molecule has 0 radical (unpaired) electrons. The van der Waals surface area contributed by atoms with Gasteiger partial charge >= 0.3 is 5.97 Å². The van der Waals surface area contributed by atoms with E-state index in [1.165, 1.54) is 0 Å². The maximum Gasteiger partial charge on any atom is 0.357 e. The topological polar surface area (TPSA) is 46.5 Å². The standard InChI is InChI=1S/C20H14O3/c21-19(22)20(14-8-2-1-3-9-14)17-12-6-4-10-15(17)16-11-5-7-13-18(16)23-20/h1-13H,(H,21,22). The molecule has 0 saturated carbocycles. The lowest BCUT2D eigenvalue weighted by Crippen LogP contribution is -2.44. The Morgan fingerprint density at radius 3 is 2.13 bits per heavy atom. The maximum atomic E-state index is 12.3. The molecule has 3 aromatic carbocycles. The monoisotopic (exact) mass is 302 g/mol. The van der Waals surface area contributed by atoms with Gasteiger partial charge in [0.15, 0.2) is 0 Å². The van der Waals surface area contributed by atoms with Crippen molar-refractivity contribution in [3.8, 4) is 16.9 Å². The van der Waals surface area contributed by atoms with E-state index in [2.05, 4.69) is 0 Å². The summed E-state index contributed by atoms with van der Waals surface area (Å²) in [5, 5.41) is 10.1. The first-order chi connectivity index (χ1) is 11.2. The van der Waals surface area contributed by atoms with Gasteiger partial charge < -0.3 is 9.84 Å². The third-order valence-electron chi connectivity index (χ3n) is 4.23. The third-order valence-corrected chi connectivity index (χ3v) is 4.23. The number of carboxylic acid groups (broad SMARTS) is 1. The van der Waals surface area contributed by atoms with Gasteiger partial charge in [0, 0.05) is 16.7 Å². The molecular formula is C20H14O3. The molecule has 0 amide bonds. The zero-order chi connectivity index (χ0) is 15.9. The number of para-hydroxylation sites is 1. The summed E-state index contributed by atoms with van der Waals surface area (Å²) in [6.07, 6.45) is 0. The Morgan fingerprint density at radius 1 is 0.783 bits per heavy atom. The van der Waals surface area contributed by atoms with Crippen molar-refractivity contribution in [2.24, 2.45) is 0 Å². The van der Waals surface area contributed by atoms with Crippen molar-refractivity contribution >= 4 is 5.97 Å². The van der Waals surface area contributed by atoms with Crippen LogP contribution in [0.4, 0.5) is 0 Å². The van der Waals surface area contributed by atoms with Crippen molar-refractivity contribution in [3.63, 3.8) is 0 Å². The molecule has 23 heavy (non-hydrogen) atoms. The van der Waals surface area contributed by atoms with Crippen LogP contribution in [0.2, 0.25) is 0 Å². The first-order valence-corrected chi connectivity index (χ1v) is 7.40. The minimum atomic E-state index is -1.54. The summed E-state index contributed by atoms with van der Waals surface area (Å²) < 4.78 is 6.09. The number of ether oxygens (including phenoxy) is 1. The molecule has 0 aromatic heterocycles. The highest BCUT2D eigenvalue weighted by Gasteiger charge is 2.49. The first-order valence-electron chi connectivity index (χ1n) is 7.40. The molecule has 0 fully saturated rings.